The summed E-state index contributed by atoms with van der Waals surface area (Å²) in [4.78, 5) is 13.9. The molecule has 1 aliphatic heterocycles. The summed E-state index contributed by atoms with van der Waals surface area (Å²) in [6, 6.07) is 0.719. The zero-order valence-corrected chi connectivity index (χ0v) is 10.1. The Bertz CT molecular complexity index is 241. The normalized spacial score (nSPS) is 25.4. The second kappa shape index (κ2) is 5.64. The number of carbonyl (C=O) groups is 1. The van der Waals surface area contributed by atoms with Crippen LogP contribution in [-0.2, 0) is 9.53 Å². The Hall–Kier alpha value is -0.610. The molecule has 0 spiro atoms. The zero-order chi connectivity index (χ0) is 11.4. The smallest absolute Gasteiger partial charge is 0.239 e. The highest BCUT2D eigenvalue weighted by atomic mass is 16.5. The van der Waals surface area contributed by atoms with E-state index in [2.05, 4.69) is 5.32 Å². The summed E-state index contributed by atoms with van der Waals surface area (Å²) in [5.41, 5.74) is 0. The number of hydrogen-bond acceptors (Lipinski definition) is 3. The molecule has 2 fully saturated rings. The van der Waals surface area contributed by atoms with Crippen LogP contribution < -0.4 is 5.32 Å². The van der Waals surface area contributed by atoms with E-state index in [9.17, 15) is 4.79 Å². The van der Waals surface area contributed by atoms with Crippen LogP contribution >= 0.6 is 0 Å². The topological polar surface area (TPSA) is 41.6 Å². The summed E-state index contributed by atoms with van der Waals surface area (Å²) >= 11 is 0. The third-order valence-electron chi connectivity index (χ3n) is 3.23. The van der Waals surface area contributed by atoms with Crippen LogP contribution in [0, 0.1) is 0 Å². The molecule has 0 aromatic carbocycles. The minimum atomic E-state index is 0.0968. The number of nitrogens with zero attached hydrogens (tertiary/aromatic N) is 1. The molecule has 92 valence electrons. The highest BCUT2D eigenvalue weighted by Gasteiger charge is 2.34. The number of carbonyl (C=O) groups excluding carboxylic acids is 1. The van der Waals surface area contributed by atoms with E-state index in [0.29, 0.717) is 11.9 Å². The quantitative estimate of drug-likeness (QED) is 0.652. The predicted octanol–water partition coefficient (Wildman–Crippen LogP) is 0.766. The second-order valence-corrected chi connectivity index (χ2v) is 4.66. The van der Waals surface area contributed by atoms with Gasteiger partial charge in [0.1, 0.15) is 0 Å². The molecule has 1 N–H and O–H groups in total. The van der Waals surface area contributed by atoms with E-state index in [1.165, 1.54) is 12.8 Å². The SMILES string of the molecule is CCOCCCN1CCC(NC2CC2)C1=O. The maximum absolute atomic E-state index is 12.0. The van der Waals surface area contributed by atoms with Gasteiger partial charge in [0.2, 0.25) is 5.91 Å². The van der Waals surface area contributed by atoms with Gasteiger partial charge < -0.3 is 15.0 Å². The lowest BCUT2D eigenvalue weighted by Gasteiger charge is -2.16. The van der Waals surface area contributed by atoms with Crippen LogP contribution in [-0.4, -0.2) is 49.2 Å². The van der Waals surface area contributed by atoms with Crippen molar-refractivity contribution in [1.29, 1.82) is 0 Å². The molecule has 1 aliphatic carbocycles. The van der Waals surface area contributed by atoms with Crippen molar-refractivity contribution >= 4 is 5.91 Å². The van der Waals surface area contributed by atoms with Crippen molar-refractivity contribution in [3.8, 4) is 0 Å². The molecule has 4 heteroatoms. The lowest BCUT2D eigenvalue weighted by Crippen LogP contribution is -2.39. The van der Waals surface area contributed by atoms with Crippen LogP contribution in [0.3, 0.4) is 0 Å². The molecule has 1 amide bonds. The molecule has 1 unspecified atom stereocenters. The first kappa shape index (κ1) is 11.9. The first-order chi connectivity index (χ1) is 7.81. The number of hydrogen-bond donors (Lipinski definition) is 1. The van der Waals surface area contributed by atoms with Gasteiger partial charge >= 0.3 is 0 Å². The van der Waals surface area contributed by atoms with E-state index < -0.39 is 0 Å². The van der Waals surface area contributed by atoms with Crippen molar-refractivity contribution in [2.75, 3.05) is 26.3 Å². The lowest BCUT2D eigenvalue weighted by atomic mass is 10.2. The fourth-order valence-electron chi connectivity index (χ4n) is 2.15. The summed E-state index contributed by atoms with van der Waals surface area (Å²) in [6.07, 6.45) is 4.42. The standard InChI is InChI=1S/C12H22N2O2/c1-2-16-9-3-7-14-8-6-11(12(14)15)13-10-4-5-10/h10-11,13H,2-9H2,1H3. The van der Waals surface area contributed by atoms with Gasteiger partial charge in [-0.25, -0.2) is 0 Å². The number of rotatable bonds is 7. The first-order valence-corrected chi connectivity index (χ1v) is 6.44. The average Bonchev–Trinajstić information content (AvgIpc) is 3.03. The van der Waals surface area contributed by atoms with Gasteiger partial charge in [-0.15, -0.1) is 0 Å². The van der Waals surface area contributed by atoms with Gasteiger partial charge in [0, 0.05) is 32.3 Å². The molecule has 2 rings (SSSR count). The largest absolute Gasteiger partial charge is 0.382 e. The Labute approximate surface area is 97.3 Å². The molecule has 1 saturated heterocycles. The molecular weight excluding hydrogens is 204 g/mol. The third kappa shape index (κ3) is 3.19. The lowest BCUT2D eigenvalue weighted by molar-refractivity contribution is -0.129. The summed E-state index contributed by atoms with van der Waals surface area (Å²) in [7, 11) is 0. The predicted molar refractivity (Wildman–Crippen MR) is 62.3 cm³/mol. The second-order valence-electron chi connectivity index (χ2n) is 4.66. The number of ether oxygens (including phenoxy) is 1. The van der Waals surface area contributed by atoms with E-state index >= 15 is 0 Å². The van der Waals surface area contributed by atoms with Gasteiger partial charge in [0.15, 0.2) is 0 Å². The zero-order valence-electron chi connectivity index (χ0n) is 10.1. The van der Waals surface area contributed by atoms with E-state index in [1.54, 1.807) is 0 Å². The number of likely N-dealkylation sites (tertiary alicyclic amines) is 1. The van der Waals surface area contributed by atoms with E-state index in [0.717, 1.165) is 39.1 Å². The summed E-state index contributed by atoms with van der Waals surface area (Å²) < 4.78 is 5.28. The van der Waals surface area contributed by atoms with Crippen molar-refractivity contribution in [1.82, 2.24) is 10.2 Å². The minimum Gasteiger partial charge on any atom is -0.382 e. The molecule has 2 aliphatic rings. The van der Waals surface area contributed by atoms with Crippen LogP contribution in [0.2, 0.25) is 0 Å². The Balaban J connectivity index is 1.65. The van der Waals surface area contributed by atoms with Crippen molar-refractivity contribution in [2.24, 2.45) is 0 Å². The molecule has 1 atom stereocenters. The summed E-state index contributed by atoms with van der Waals surface area (Å²) in [5, 5.41) is 3.41. The molecule has 4 nitrogen and oxygen atoms in total. The Morgan fingerprint density at radius 3 is 2.94 bits per heavy atom. The highest BCUT2D eigenvalue weighted by Crippen LogP contribution is 2.22. The molecule has 1 saturated carbocycles. The first-order valence-electron chi connectivity index (χ1n) is 6.44. The van der Waals surface area contributed by atoms with Gasteiger partial charge in [-0.05, 0) is 32.6 Å². The fourth-order valence-corrected chi connectivity index (χ4v) is 2.15. The number of nitrogens with one attached hydrogen (secondary N) is 1. The summed E-state index contributed by atoms with van der Waals surface area (Å²) in [6.45, 7) is 5.29. The maximum atomic E-state index is 12.0. The molecule has 0 aromatic heterocycles. The Kier molecular flexibility index (Phi) is 4.18. The van der Waals surface area contributed by atoms with Gasteiger partial charge in [-0.1, -0.05) is 0 Å². The molecule has 0 radical (unpaired) electrons. The van der Waals surface area contributed by atoms with E-state index in [4.69, 9.17) is 4.74 Å². The van der Waals surface area contributed by atoms with Crippen molar-refractivity contribution in [3.05, 3.63) is 0 Å². The highest BCUT2D eigenvalue weighted by molar-refractivity contribution is 5.84. The number of amides is 1. The van der Waals surface area contributed by atoms with E-state index in [-0.39, 0.29) is 6.04 Å². The fraction of sp³-hybridized carbons (Fsp3) is 0.917. The Morgan fingerprint density at radius 2 is 2.25 bits per heavy atom. The third-order valence-corrected chi connectivity index (χ3v) is 3.23. The van der Waals surface area contributed by atoms with Crippen LogP contribution in [0.1, 0.15) is 32.6 Å². The maximum Gasteiger partial charge on any atom is 0.239 e. The van der Waals surface area contributed by atoms with Crippen LogP contribution in [0.5, 0.6) is 0 Å². The molecule has 0 aromatic rings. The van der Waals surface area contributed by atoms with Gasteiger partial charge in [0.25, 0.3) is 0 Å². The minimum absolute atomic E-state index is 0.0968. The molecule has 1 heterocycles. The molecular formula is C12H22N2O2. The molecule has 16 heavy (non-hydrogen) atoms. The van der Waals surface area contributed by atoms with Crippen LogP contribution in [0.15, 0.2) is 0 Å². The summed E-state index contributed by atoms with van der Waals surface area (Å²) in [5.74, 6) is 0.295. The van der Waals surface area contributed by atoms with Gasteiger partial charge in [-0.2, -0.15) is 0 Å². The van der Waals surface area contributed by atoms with Crippen LogP contribution in [0.4, 0.5) is 0 Å². The Morgan fingerprint density at radius 1 is 1.44 bits per heavy atom. The monoisotopic (exact) mass is 226 g/mol. The van der Waals surface area contributed by atoms with E-state index in [1.807, 2.05) is 11.8 Å². The van der Waals surface area contributed by atoms with Crippen molar-refractivity contribution in [2.45, 2.75) is 44.7 Å². The van der Waals surface area contributed by atoms with Crippen LogP contribution in [0.25, 0.3) is 0 Å². The van der Waals surface area contributed by atoms with Gasteiger partial charge in [0.05, 0.1) is 6.04 Å². The van der Waals surface area contributed by atoms with Crippen molar-refractivity contribution in [3.63, 3.8) is 0 Å². The van der Waals surface area contributed by atoms with Crippen molar-refractivity contribution < 1.29 is 9.53 Å². The molecule has 0 bridgehead atoms. The average molecular weight is 226 g/mol. The van der Waals surface area contributed by atoms with Gasteiger partial charge in [-0.3, -0.25) is 4.79 Å².